The van der Waals surface area contributed by atoms with E-state index >= 15 is 0 Å². The van der Waals surface area contributed by atoms with Crippen LogP contribution >= 0.6 is 0 Å². The number of anilines is 2. The van der Waals surface area contributed by atoms with Crippen LogP contribution in [0.4, 0.5) is 11.4 Å². The molecule has 0 fully saturated rings. The van der Waals surface area contributed by atoms with Gasteiger partial charge in [0, 0.05) is 30.7 Å². The van der Waals surface area contributed by atoms with E-state index < -0.39 is 5.91 Å². The first-order chi connectivity index (χ1) is 16.5. The molecule has 10 heteroatoms. The molecular weight excluding hydrogens is 440 g/mol. The van der Waals surface area contributed by atoms with Gasteiger partial charge in [0.15, 0.2) is 23.0 Å². The van der Waals surface area contributed by atoms with Gasteiger partial charge in [-0.1, -0.05) is 6.07 Å². The van der Waals surface area contributed by atoms with Crippen molar-refractivity contribution in [2.45, 2.75) is 6.61 Å². The summed E-state index contributed by atoms with van der Waals surface area (Å²) < 4.78 is 23.5. The molecule has 0 saturated heterocycles. The second-order valence-corrected chi connectivity index (χ2v) is 7.43. The predicted octanol–water partition coefficient (Wildman–Crippen LogP) is 3.83. The van der Waals surface area contributed by atoms with Gasteiger partial charge in [-0.05, 0) is 48.5 Å². The van der Waals surface area contributed by atoms with Crippen LogP contribution in [0, 0.1) is 0 Å². The van der Waals surface area contributed by atoms with Crippen LogP contribution in [0.5, 0.6) is 17.2 Å². The number of amides is 2. The van der Waals surface area contributed by atoms with E-state index in [1.165, 1.54) is 0 Å². The topological polar surface area (TPSA) is 117 Å². The monoisotopic (exact) mass is 460 g/mol. The minimum atomic E-state index is -0.428. The fourth-order valence-electron chi connectivity index (χ4n) is 3.30. The van der Waals surface area contributed by atoms with Crippen molar-refractivity contribution in [2.24, 2.45) is 7.05 Å². The lowest BCUT2D eigenvalue weighted by atomic mass is 10.2. The van der Waals surface area contributed by atoms with E-state index in [9.17, 15) is 9.59 Å². The lowest BCUT2D eigenvalue weighted by Crippen LogP contribution is -2.14. The first kappa shape index (κ1) is 21.1. The van der Waals surface area contributed by atoms with Gasteiger partial charge in [0.25, 0.3) is 11.8 Å². The zero-order valence-corrected chi connectivity index (χ0v) is 18.1. The van der Waals surface area contributed by atoms with Crippen LogP contribution in [0.1, 0.15) is 26.8 Å². The van der Waals surface area contributed by atoms with Gasteiger partial charge in [-0.3, -0.25) is 14.3 Å². The van der Waals surface area contributed by atoms with E-state index in [1.54, 1.807) is 78.6 Å². The number of nitrogens with zero attached hydrogens (tertiary/aromatic N) is 2. The molecule has 0 spiro atoms. The average Bonchev–Trinajstić information content (AvgIpc) is 3.58. The highest BCUT2D eigenvalue weighted by Gasteiger charge is 2.16. The molecule has 2 aromatic carbocycles. The molecule has 0 atom stereocenters. The number of fused-ring (bicyclic) bond motifs is 1. The van der Waals surface area contributed by atoms with Crippen LogP contribution in [0.25, 0.3) is 0 Å². The van der Waals surface area contributed by atoms with Crippen molar-refractivity contribution in [1.82, 2.24) is 9.78 Å². The number of furan rings is 1. The summed E-state index contributed by atoms with van der Waals surface area (Å²) in [6.07, 6.45) is 1.68. The predicted molar refractivity (Wildman–Crippen MR) is 121 cm³/mol. The Balaban J connectivity index is 1.18. The number of aromatic nitrogens is 2. The molecule has 2 N–H and O–H groups in total. The van der Waals surface area contributed by atoms with Crippen molar-refractivity contribution in [3.8, 4) is 17.2 Å². The van der Waals surface area contributed by atoms with E-state index in [4.69, 9.17) is 18.6 Å². The van der Waals surface area contributed by atoms with Gasteiger partial charge in [0.2, 0.25) is 6.79 Å². The molecule has 0 aliphatic carbocycles. The Bertz CT molecular complexity index is 1360. The Kier molecular flexibility index (Phi) is 5.61. The molecule has 2 aromatic heterocycles. The Morgan fingerprint density at radius 1 is 0.971 bits per heavy atom. The van der Waals surface area contributed by atoms with E-state index in [1.807, 2.05) is 0 Å². The fourth-order valence-corrected chi connectivity index (χ4v) is 3.30. The number of aryl methyl sites for hydroxylation is 1. The van der Waals surface area contributed by atoms with Gasteiger partial charge < -0.3 is 29.3 Å². The summed E-state index contributed by atoms with van der Waals surface area (Å²) in [5.74, 6) is 1.73. The number of nitrogens with one attached hydrogen (secondary N) is 2. The zero-order valence-electron chi connectivity index (χ0n) is 18.1. The smallest absolute Gasteiger partial charge is 0.291 e. The molecule has 1 aliphatic rings. The molecule has 2 amide bonds. The summed E-state index contributed by atoms with van der Waals surface area (Å²) in [4.78, 5) is 24.9. The lowest BCUT2D eigenvalue weighted by Gasteiger charge is -2.07. The van der Waals surface area contributed by atoms with Crippen LogP contribution in [-0.2, 0) is 13.7 Å². The Morgan fingerprint density at radius 2 is 1.76 bits per heavy atom. The van der Waals surface area contributed by atoms with Gasteiger partial charge in [-0.2, -0.15) is 5.10 Å². The van der Waals surface area contributed by atoms with Gasteiger partial charge in [-0.25, -0.2) is 0 Å². The molecule has 172 valence electrons. The van der Waals surface area contributed by atoms with Crippen molar-refractivity contribution in [2.75, 3.05) is 17.4 Å². The summed E-state index contributed by atoms with van der Waals surface area (Å²) in [5.41, 5.74) is 1.31. The van der Waals surface area contributed by atoms with Crippen LogP contribution in [0.15, 0.2) is 71.3 Å². The summed E-state index contributed by atoms with van der Waals surface area (Å²) >= 11 is 0. The molecule has 0 radical (unpaired) electrons. The minimum Gasteiger partial charge on any atom is -0.486 e. The second kappa shape index (κ2) is 9.02. The summed E-state index contributed by atoms with van der Waals surface area (Å²) in [6.45, 7) is 0.330. The molecular formula is C24H20N4O6. The number of ether oxygens (including phenoxy) is 3. The van der Waals surface area contributed by atoms with Gasteiger partial charge in [-0.15, -0.1) is 0 Å². The number of benzene rings is 2. The Hall–Kier alpha value is -4.73. The molecule has 4 aromatic rings. The van der Waals surface area contributed by atoms with E-state index in [-0.39, 0.29) is 25.1 Å². The van der Waals surface area contributed by atoms with E-state index in [2.05, 4.69) is 15.7 Å². The third-order valence-electron chi connectivity index (χ3n) is 4.94. The molecule has 10 nitrogen and oxygen atoms in total. The normalized spacial score (nSPS) is 11.8. The number of carbonyl (C=O) groups excluding carboxylic acids is 2. The summed E-state index contributed by atoms with van der Waals surface area (Å²) in [5, 5.41) is 9.58. The SMILES string of the molecule is Cn1ccc(C(=O)Nc2cccc(NC(=O)c3ccc(COc4ccc5c(c4)OCO5)o3)c2)n1. The van der Waals surface area contributed by atoms with Gasteiger partial charge in [0.05, 0.1) is 0 Å². The highest BCUT2D eigenvalue weighted by atomic mass is 16.7. The second-order valence-electron chi connectivity index (χ2n) is 7.43. The minimum absolute atomic E-state index is 0.132. The van der Waals surface area contributed by atoms with Crippen LogP contribution in [0.3, 0.4) is 0 Å². The number of rotatable bonds is 7. The third-order valence-corrected chi connectivity index (χ3v) is 4.94. The standard InChI is InChI=1S/C24H20N4O6/c1-28-10-9-19(27-28)23(29)25-15-3-2-4-16(11-15)26-24(30)21-8-6-18(34-21)13-31-17-5-7-20-22(12-17)33-14-32-20/h2-12H,13-14H2,1H3,(H,25,29)(H,26,30). The molecule has 5 rings (SSSR count). The third kappa shape index (κ3) is 4.70. The van der Waals surface area contributed by atoms with Gasteiger partial charge in [0.1, 0.15) is 18.1 Å². The fraction of sp³-hybridized carbons (Fsp3) is 0.125. The highest BCUT2D eigenvalue weighted by Crippen LogP contribution is 2.35. The first-order valence-electron chi connectivity index (χ1n) is 10.4. The maximum absolute atomic E-state index is 12.6. The van der Waals surface area contributed by atoms with Gasteiger partial charge >= 0.3 is 0 Å². The first-order valence-corrected chi connectivity index (χ1v) is 10.4. The van der Waals surface area contributed by atoms with Crippen molar-refractivity contribution >= 4 is 23.2 Å². The molecule has 3 heterocycles. The van der Waals surface area contributed by atoms with Crippen LogP contribution < -0.4 is 24.8 Å². The number of hydrogen-bond acceptors (Lipinski definition) is 7. The zero-order chi connectivity index (χ0) is 23.5. The molecule has 0 unspecified atom stereocenters. The van der Waals surface area contributed by atoms with E-state index in [0.29, 0.717) is 40.1 Å². The van der Waals surface area contributed by atoms with Crippen LogP contribution in [0.2, 0.25) is 0 Å². The van der Waals surface area contributed by atoms with Crippen LogP contribution in [-0.4, -0.2) is 28.4 Å². The lowest BCUT2D eigenvalue weighted by molar-refractivity contribution is 0.0991. The molecule has 1 aliphatic heterocycles. The Morgan fingerprint density at radius 3 is 2.56 bits per heavy atom. The largest absolute Gasteiger partial charge is 0.486 e. The maximum atomic E-state index is 12.6. The number of carbonyl (C=O) groups is 2. The molecule has 0 saturated carbocycles. The Labute approximate surface area is 194 Å². The van der Waals surface area contributed by atoms with Crippen molar-refractivity contribution in [3.63, 3.8) is 0 Å². The maximum Gasteiger partial charge on any atom is 0.291 e. The quantitative estimate of drug-likeness (QED) is 0.431. The highest BCUT2D eigenvalue weighted by molar-refractivity contribution is 6.04. The van der Waals surface area contributed by atoms with E-state index in [0.717, 1.165) is 0 Å². The number of hydrogen-bond donors (Lipinski definition) is 2. The summed E-state index contributed by atoms with van der Waals surface area (Å²) in [6, 6.07) is 16.9. The van der Waals surface area contributed by atoms with Crippen molar-refractivity contribution in [3.05, 3.63) is 84.1 Å². The molecule has 34 heavy (non-hydrogen) atoms. The average molecular weight is 460 g/mol. The molecule has 0 bridgehead atoms. The van der Waals surface area contributed by atoms with Crippen molar-refractivity contribution in [1.29, 1.82) is 0 Å². The summed E-state index contributed by atoms with van der Waals surface area (Å²) in [7, 11) is 1.73. The van der Waals surface area contributed by atoms with Crippen molar-refractivity contribution < 1.29 is 28.2 Å².